The first-order valence-electron chi connectivity index (χ1n) is 6.81. The number of hydrogen-bond acceptors (Lipinski definition) is 6. The van der Waals surface area contributed by atoms with Crippen molar-refractivity contribution in [1.82, 2.24) is 14.9 Å². The second-order valence-electron chi connectivity index (χ2n) is 5.24. The van der Waals surface area contributed by atoms with Gasteiger partial charge in [-0.25, -0.2) is 4.98 Å². The van der Waals surface area contributed by atoms with Gasteiger partial charge in [-0.1, -0.05) is 0 Å². The summed E-state index contributed by atoms with van der Waals surface area (Å²) in [5, 5.41) is 11.1. The first kappa shape index (κ1) is 13.5. The van der Waals surface area contributed by atoms with Gasteiger partial charge in [0.25, 0.3) is 0 Å². The van der Waals surface area contributed by atoms with Crippen LogP contribution >= 0.6 is 11.6 Å². The Kier molecular flexibility index (Phi) is 3.71. The SMILES string of the molecule is O=[N+]([O-])c1cnc(Cl)nc1N1CCC(N2CCCC2)C1. The molecule has 1 atom stereocenters. The van der Waals surface area contributed by atoms with Gasteiger partial charge in [0.1, 0.15) is 6.20 Å². The molecule has 0 aromatic carbocycles. The summed E-state index contributed by atoms with van der Waals surface area (Å²) in [6, 6.07) is 0.464. The van der Waals surface area contributed by atoms with E-state index >= 15 is 0 Å². The molecule has 2 aliphatic heterocycles. The van der Waals surface area contributed by atoms with Crippen LogP contribution in [0.25, 0.3) is 0 Å². The molecule has 0 aliphatic carbocycles. The number of aromatic nitrogens is 2. The highest BCUT2D eigenvalue weighted by Crippen LogP contribution is 2.30. The first-order valence-corrected chi connectivity index (χ1v) is 7.19. The van der Waals surface area contributed by atoms with E-state index < -0.39 is 4.92 Å². The second kappa shape index (κ2) is 5.49. The van der Waals surface area contributed by atoms with E-state index in [1.54, 1.807) is 0 Å². The highest BCUT2D eigenvalue weighted by Gasteiger charge is 2.33. The van der Waals surface area contributed by atoms with Gasteiger partial charge in [0.05, 0.1) is 4.92 Å². The predicted molar refractivity (Wildman–Crippen MR) is 75.1 cm³/mol. The predicted octanol–water partition coefficient (Wildman–Crippen LogP) is 1.71. The molecule has 108 valence electrons. The minimum atomic E-state index is -0.450. The maximum absolute atomic E-state index is 11.1. The summed E-state index contributed by atoms with van der Waals surface area (Å²) < 4.78 is 0. The Hall–Kier alpha value is -1.47. The summed E-state index contributed by atoms with van der Waals surface area (Å²) in [5.41, 5.74) is -0.0727. The molecule has 7 nitrogen and oxygen atoms in total. The average Bonchev–Trinajstić information content (AvgIpc) is 3.09. The summed E-state index contributed by atoms with van der Waals surface area (Å²) in [6.45, 7) is 3.81. The van der Waals surface area contributed by atoms with Crippen molar-refractivity contribution in [2.45, 2.75) is 25.3 Å². The van der Waals surface area contributed by atoms with Crippen molar-refractivity contribution in [2.75, 3.05) is 31.1 Å². The molecule has 2 aliphatic rings. The zero-order chi connectivity index (χ0) is 14.1. The zero-order valence-electron chi connectivity index (χ0n) is 11.0. The van der Waals surface area contributed by atoms with Gasteiger partial charge in [0.2, 0.25) is 11.1 Å². The fraction of sp³-hybridized carbons (Fsp3) is 0.667. The summed E-state index contributed by atoms with van der Waals surface area (Å²) >= 11 is 5.78. The van der Waals surface area contributed by atoms with Gasteiger partial charge in [0.15, 0.2) is 0 Å². The lowest BCUT2D eigenvalue weighted by Gasteiger charge is -2.23. The van der Waals surface area contributed by atoms with Crippen LogP contribution in [0.3, 0.4) is 0 Å². The molecule has 20 heavy (non-hydrogen) atoms. The first-order chi connectivity index (χ1) is 9.65. The lowest BCUT2D eigenvalue weighted by atomic mass is 10.2. The Morgan fingerprint density at radius 1 is 1.35 bits per heavy atom. The fourth-order valence-electron chi connectivity index (χ4n) is 3.05. The van der Waals surface area contributed by atoms with Gasteiger partial charge < -0.3 is 4.90 Å². The summed E-state index contributed by atoms with van der Waals surface area (Å²) in [6.07, 6.45) is 4.69. The summed E-state index contributed by atoms with van der Waals surface area (Å²) in [4.78, 5) is 22.8. The van der Waals surface area contributed by atoms with E-state index in [-0.39, 0.29) is 11.0 Å². The Labute approximate surface area is 121 Å². The zero-order valence-corrected chi connectivity index (χ0v) is 11.8. The standard InChI is InChI=1S/C12H16ClN5O2/c13-12-14-7-10(18(19)20)11(15-12)17-6-3-9(8-17)16-4-1-2-5-16/h7,9H,1-6,8H2. The molecule has 2 saturated heterocycles. The number of likely N-dealkylation sites (tertiary alicyclic amines) is 1. The van der Waals surface area contributed by atoms with Crippen molar-refractivity contribution < 1.29 is 4.92 Å². The normalized spacial score (nSPS) is 23.4. The van der Waals surface area contributed by atoms with Crippen LogP contribution in [-0.4, -0.2) is 52.0 Å². The van der Waals surface area contributed by atoms with Crippen LogP contribution in [0.4, 0.5) is 11.5 Å². The molecule has 3 rings (SSSR count). The molecule has 0 saturated carbocycles. The smallest absolute Gasteiger partial charge is 0.329 e. The highest BCUT2D eigenvalue weighted by molar-refractivity contribution is 6.28. The summed E-state index contributed by atoms with van der Waals surface area (Å²) in [5.74, 6) is 0.344. The van der Waals surface area contributed by atoms with E-state index in [4.69, 9.17) is 11.6 Å². The second-order valence-corrected chi connectivity index (χ2v) is 5.57. The Morgan fingerprint density at radius 3 is 2.80 bits per heavy atom. The van der Waals surface area contributed by atoms with E-state index in [1.807, 2.05) is 4.90 Å². The van der Waals surface area contributed by atoms with Crippen molar-refractivity contribution in [2.24, 2.45) is 0 Å². The van der Waals surface area contributed by atoms with Crippen LogP contribution in [0.2, 0.25) is 5.28 Å². The van der Waals surface area contributed by atoms with Crippen molar-refractivity contribution in [3.63, 3.8) is 0 Å². The van der Waals surface area contributed by atoms with Gasteiger partial charge in [-0.05, 0) is 44.0 Å². The van der Waals surface area contributed by atoms with Crippen LogP contribution in [-0.2, 0) is 0 Å². The molecule has 0 spiro atoms. The minimum absolute atomic E-state index is 0.0511. The number of anilines is 1. The quantitative estimate of drug-likeness (QED) is 0.480. The molecule has 2 fully saturated rings. The lowest BCUT2D eigenvalue weighted by molar-refractivity contribution is -0.384. The van der Waals surface area contributed by atoms with Crippen molar-refractivity contribution in [3.8, 4) is 0 Å². The van der Waals surface area contributed by atoms with Gasteiger partial charge in [-0.15, -0.1) is 0 Å². The molecule has 1 aromatic rings. The largest absolute Gasteiger partial charge is 0.349 e. The number of nitrogens with zero attached hydrogens (tertiary/aromatic N) is 5. The average molecular weight is 298 g/mol. The highest BCUT2D eigenvalue weighted by atomic mass is 35.5. The van der Waals surface area contributed by atoms with Crippen molar-refractivity contribution in [1.29, 1.82) is 0 Å². The number of hydrogen-bond donors (Lipinski definition) is 0. The molecular weight excluding hydrogens is 282 g/mol. The Morgan fingerprint density at radius 2 is 2.10 bits per heavy atom. The molecule has 0 amide bonds. The maximum Gasteiger partial charge on any atom is 0.329 e. The molecule has 3 heterocycles. The van der Waals surface area contributed by atoms with Crippen LogP contribution < -0.4 is 4.90 Å². The molecule has 0 radical (unpaired) electrons. The lowest BCUT2D eigenvalue weighted by Crippen LogP contribution is -2.35. The van der Waals surface area contributed by atoms with E-state index in [1.165, 1.54) is 19.0 Å². The maximum atomic E-state index is 11.1. The monoisotopic (exact) mass is 297 g/mol. The van der Waals surface area contributed by atoms with Crippen LogP contribution in [0, 0.1) is 10.1 Å². The Balaban J connectivity index is 1.80. The van der Waals surface area contributed by atoms with Crippen LogP contribution in [0.5, 0.6) is 0 Å². The molecule has 0 N–H and O–H groups in total. The Bertz CT molecular complexity index is 521. The molecule has 0 bridgehead atoms. The topological polar surface area (TPSA) is 75.4 Å². The molecule has 8 heteroatoms. The molecule has 1 unspecified atom stereocenters. The third-order valence-corrected chi connectivity index (χ3v) is 4.22. The minimum Gasteiger partial charge on any atom is -0.349 e. The van der Waals surface area contributed by atoms with Gasteiger partial charge >= 0.3 is 5.69 Å². The number of rotatable bonds is 3. The van der Waals surface area contributed by atoms with Crippen molar-refractivity contribution in [3.05, 3.63) is 21.6 Å². The van der Waals surface area contributed by atoms with Crippen LogP contribution in [0.1, 0.15) is 19.3 Å². The number of nitro groups is 1. The molecule has 1 aromatic heterocycles. The summed E-state index contributed by atoms with van der Waals surface area (Å²) in [7, 11) is 0. The van der Waals surface area contributed by atoms with E-state index in [9.17, 15) is 10.1 Å². The van der Waals surface area contributed by atoms with Crippen LogP contribution in [0.15, 0.2) is 6.20 Å². The third-order valence-electron chi connectivity index (χ3n) is 4.04. The van der Waals surface area contributed by atoms with Gasteiger partial charge in [0, 0.05) is 19.1 Å². The van der Waals surface area contributed by atoms with E-state index in [2.05, 4.69) is 14.9 Å². The van der Waals surface area contributed by atoms with E-state index in [0.29, 0.717) is 11.9 Å². The number of halogens is 1. The third kappa shape index (κ3) is 2.55. The van der Waals surface area contributed by atoms with Gasteiger partial charge in [-0.2, -0.15) is 4.98 Å². The van der Waals surface area contributed by atoms with Gasteiger partial charge in [-0.3, -0.25) is 15.0 Å². The molecular formula is C12H16ClN5O2. The van der Waals surface area contributed by atoms with Crippen molar-refractivity contribution >= 4 is 23.1 Å². The fourth-order valence-corrected chi connectivity index (χ4v) is 3.18. The van der Waals surface area contributed by atoms with E-state index in [0.717, 1.165) is 32.6 Å².